The first-order valence-electron chi connectivity index (χ1n) is 3.06. The third-order valence-electron chi connectivity index (χ3n) is 1.03. The molecule has 0 aliphatic carbocycles. The molecule has 55 valence electrons. The summed E-state index contributed by atoms with van der Waals surface area (Å²) < 4.78 is 4.66. The molecule has 10 heavy (non-hydrogen) atoms. The van der Waals surface area contributed by atoms with Crippen LogP contribution in [0.5, 0.6) is 0 Å². The molecule has 0 aromatic heterocycles. The zero-order chi connectivity index (χ0) is 7.40. The van der Waals surface area contributed by atoms with E-state index in [4.69, 9.17) is 0 Å². The molecule has 1 heterocycles. The molecule has 0 bridgehead atoms. The summed E-state index contributed by atoms with van der Waals surface area (Å²) in [4.78, 5) is 15.3. The van der Waals surface area contributed by atoms with Gasteiger partial charge in [-0.1, -0.05) is 5.16 Å². The molecule has 0 N–H and O–H groups in total. The van der Waals surface area contributed by atoms with E-state index in [1.54, 1.807) is 6.92 Å². The number of ether oxygens (including phenoxy) is 1. The topological polar surface area (TPSA) is 47.9 Å². The Bertz CT molecular complexity index is 164. The van der Waals surface area contributed by atoms with Crippen molar-refractivity contribution in [3.63, 3.8) is 0 Å². The minimum Gasteiger partial charge on any atom is -0.461 e. The predicted molar refractivity (Wildman–Crippen MR) is 34.1 cm³/mol. The van der Waals surface area contributed by atoms with E-state index < -0.39 is 5.97 Å². The van der Waals surface area contributed by atoms with Crippen LogP contribution in [0.3, 0.4) is 0 Å². The van der Waals surface area contributed by atoms with Gasteiger partial charge in [-0.15, -0.1) is 0 Å². The molecular formula is C6H8NO3. The predicted octanol–water partition coefficient (Wildman–Crippen LogP) is 0.488. The van der Waals surface area contributed by atoms with Crippen molar-refractivity contribution in [1.82, 2.24) is 0 Å². The van der Waals surface area contributed by atoms with E-state index in [-0.39, 0.29) is 0 Å². The Balaban J connectivity index is 2.40. The SMILES string of the molecule is CCOC(=O)C1=NO[CH]C1. The fraction of sp³-hybridized carbons (Fsp3) is 0.500. The highest BCUT2D eigenvalue weighted by Crippen LogP contribution is 2.05. The lowest BCUT2D eigenvalue weighted by atomic mass is 10.3. The Hall–Kier alpha value is -1.06. The van der Waals surface area contributed by atoms with Crippen molar-refractivity contribution < 1.29 is 14.4 Å². The summed E-state index contributed by atoms with van der Waals surface area (Å²) in [7, 11) is 0. The van der Waals surface area contributed by atoms with Gasteiger partial charge in [-0.3, -0.25) is 0 Å². The number of nitrogens with zero attached hydrogens (tertiary/aromatic N) is 1. The van der Waals surface area contributed by atoms with Crippen molar-refractivity contribution in [1.29, 1.82) is 0 Å². The third-order valence-corrected chi connectivity index (χ3v) is 1.03. The van der Waals surface area contributed by atoms with Crippen LogP contribution in [-0.2, 0) is 14.4 Å². The molecule has 0 atom stereocenters. The molecule has 0 spiro atoms. The van der Waals surface area contributed by atoms with E-state index in [0.29, 0.717) is 18.7 Å². The first-order valence-corrected chi connectivity index (χ1v) is 3.06. The molecule has 1 aliphatic heterocycles. The maximum Gasteiger partial charge on any atom is 0.356 e. The lowest BCUT2D eigenvalue weighted by molar-refractivity contribution is -0.135. The van der Waals surface area contributed by atoms with Gasteiger partial charge in [0.1, 0.15) is 0 Å². The molecule has 1 aliphatic rings. The molecule has 1 rings (SSSR count). The first kappa shape index (κ1) is 7.05. The van der Waals surface area contributed by atoms with Crippen molar-refractivity contribution in [2.24, 2.45) is 5.16 Å². The van der Waals surface area contributed by atoms with Gasteiger partial charge >= 0.3 is 5.97 Å². The average Bonchev–Trinajstić information content (AvgIpc) is 2.38. The molecule has 0 saturated heterocycles. The quantitative estimate of drug-likeness (QED) is 0.527. The highest BCUT2D eigenvalue weighted by atomic mass is 16.6. The summed E-state index contributed by atoms with van der Waals surface area (Å²) >= 11 is 0. The fourth-order valence-electron chi connectivity index (χ4n) is 0.589. The van der Waals surface area contributed by atoms with Gasteiger partial charge in [0, 0.05) is 6.42 Å². The van der Waals surface area contributed by atoms with Crippen LogP contribution in [0.1, 0.15) is 13.3 Å². The van der Waals surface area contributed by atoms with Crippen LogP contribution >= 0.6 is 0 Å². The maximum atomic E-state index is 10.8. The minimum absolute atomic E-state index is 0.335. The van der Waals surface area contributed by atoms with Crippen molar-refractivity contribution in [3.05, 3.63) is 6.61 Å². The van der Waals surface area contributed by atoms with Gasteiger partial charge < -0.3 is 9.57 Å². The number of hydrogen-bond acceptors (Lipinski definition) is 4. The van der Waals surface area contributed by atoms with Crippen LogP contribution in [-0.4, -0.2) is 18.3 Å². The summed E-state index contributed by atoms with van der Waals surface area (Å²) in [6, 6.07) is 0. The van der Waals surface area contributed by atoms with Gasteiger partial charge in [-0.05, 0) is 6.92 Å². The van der Waals surface area contributed by atoms with Gasteiger partial charge in [-0.25, -0.2) is 4.79 Å². The van der Waals surface area contributed by atoms with E-state index >= 15 is 0 Å². The summed E-state index contributed by atoms with van der Waals surface area (Å²) in [5, 5.41) is 3.44. The number of hydrogen-bond donors (Lipinski definition) is 0. The van der Waals surface area contributed by atoms with Crippen LogP contribution in [0.25, 0.3) is 0 Å². The summed E-state index contributed by atoms with van der Waals surface area (Å²) in [6.45, 7) is 3.57. The standard InChI is InChI=1S/C6H8NO3/c1-2-9-6(8)5-3-4-10-7-5/h4H,2-3H2,1H3. The lowest BCUT2D eigenvalue weighted by Gasteiger charge is -1.96. The molecule has 0 saturated carbocycles. The smallest absolute Gasteiger partial charge is 0.356 e. The lowest BCUT2D eigenvalue weighted by Crippen LogP contribution is -2.14. The second-order valence-corrected chi connectivity index (χ2v) is 1.73. The molecular weight excluding hydrogens is 134 g/mol. The van der Waals surface area contributed by atoms with E-state index in [1.807, 2.05) is 0 Å². The molecule has 4 heteroatoms. The normalized spacial score (nSPS) is 15.9. The zero-order valence-corrected chi connectivity index (χ0v) is 5.66. The Labute approximate surface area is 58.8 Å². The number of oxime groups is 1. The largest absolute Gasteiger partial charge is 0.461 e. The van der Waals surface area contributed by atoms with Crippen molar-refractivity contribution >= 4 is 11.7 Å². The zero-order valence-electron chi connectivity index (χ0n) is 5.66. The Kier molecular flexibility index (Phi) is 2.25. The third kappa shape index (κ3) is 1.46. The minimum atomic E-state index is -0.392. The van der Waals surface area contributed by atoms with Crippen molar-refractivity contribution in [2.75, 3.05) is 6.61 Å². The molecule has 1 radical (unpaired) electrons. The number of esters is 1. The number of carbonyl (C=O) groups excluding carboxylic acids is 1. The van der Waals surface area contributed by atoms with Gasteiger partial charge in [0.15, 0.2) is 12.3 Å². The fourth-order valence-corrected chi connectivity index (χ4v) is 0.589. The van der Waals surface area contributed by atoms with E-state index in [1.165, 1.54) is 6.61 Å². The summed E-state index contributed by atoms with van der Waals surface area (Å²) in [5.41, 5.74) is 0.335. The van der Waals surface area contributed by atoms with Crippen LogP contribution in [0.15, 0.2) is 5.16 Å². The van der Waals surface area contributed by atoms with Crippen LogP contribution in [0.4, 0.5) is 0 Å². The Morgan fingerprint density at radius 2 is 2.80 bits per heavy atom. The molecule has 0 amide bonds. The van der Waals surface area contributed by atoms with Crippen LogP contribution in [0.2, 0.25) is 0 Å². The average molecular weight is 142 g/mol. The molecule has 0 aromatic rings. The second kappa shape index (κ2) is 3.20. The molecule has 0 fully saturated rings. The summed E-state index contributed by atoms with van der Waals surface area (Å²) in [5.74, 6) is -0.392. The first-order chi connectivity index (χ1) is 4.84. The highest BCUT2D eigenvalue weighted by molar-refractivity contribution is 6.36. The van der Waals surface area contributed by atoms with Gasteiger partial charge in [0.25, 0.3) is 0 Å². The van der Waals surface area contributed by atoms with Gasteiger partial charge in [0.2, 0.25) is 0 Å². The molecule has 0 aromatic carbocycles. The second-order valence-electron chi connectivity index (χ2n) is 1.73. The Morgan fingerprint density at radius 3 is 3.30 bits per heavy atom. The highest BCUT2D eigenvalue weighted by Gasteiger charge is 2.17. The van der Waals surface area contributed by atoms with Crippen LogP contribution < -0.4 is 0 Å². The number of rotatable bonds is 2. The van der Waals surface area contributed by atoms with E-state index in [2.05, 4.69) is 14.7 Å². The van der Waals surface area contributed by atoms with E-state index in [9.17, 15) is 4.79 Å². The van der Waals surface area contributed by atoms with Crippen LogP contribution in [0, 0.1) is 6.61 Å². The maximum absolute atomic E-state index is 10.8. The monoisotopic (exact) mass is 142 g/mol. The molecule has 4 nitrogen and oxygen atoms in total. The Morgan fingerprint density at radius 1 is 2.00 bits per heavy atom. The number of carbonyl (C=O) groups is 1. The van der Waals surface area contributed by atoms with Crippen molar-refractivity contribution in [2.45, 2.75) is 13.3 Å². The summed E-state index contributed by atoms with van der Waals surface area (Å²) in [6.07, 6.45) is 0.443. The van der Waals surface area contributed by atoms with Gasteiger partial charge in [0.05, 0.1) is 6.61 Å². The van der Waals surface area contributed by atoms with Crippen molar-refractivity contribution in [3.8, 4) is 0 Å². The van der Waals surface area contributed by atoms with Gasteiger partial charge in [-0.2, -0.15) is 0 Å². The van der Waals surface area contributed by atoms with E-state index in [0.717, 1.165) is 0 Å². The molecule has 0 unspecified atom stereocenters.